The molecule has 0 aromatic carbocycles. The molecule has 5 nitrogen and oxygen atoms in total. The maximum Gasteiger partial charge on any atom is 1.00 e. The van der Waals surface area contributed by atoms with Crippen LogP contribution in [0.4, 0.5) is 0 Å². The standard InChI is InChI=1S/C9H22N2O3S4.Na/c1-3-10-16-8-11(4-2)17-9-15-6-5-7-18(12,13)14;/h10H,3-9H2,1-2H3,(H,12,13,14);/q;+1/p-1. The van der Waals surface area contributed by atoms with Crippen molar-refractivity contribution in [3.63, 3.8) is 0 Å². The van der Waals surface area contributed by atoms with Gasteiger partial charge in [0.15, 0.2) is 0 Å². The Labute approximate surface area is 152 Å². The maximum atomic E-state index is 10.4. The number of rotatable bonds is 12. The van der Waals surface area contributed by atoms with Gasteiger partial charge in [0.05, 0.1) is 21.1 Å². The van der Waals surface area contributed by atoms with E-state index < -0.39 is 10.1 Å². The molecule has 0 rings (SSSR count). The van der Waals surface area contributed by atoms with E-state index in [1.54, 1.807) is 35.7 Å². The first kappa shape index (κ1) is 23.2. The van der Waals surface area contributed by atoms with Crippen LogP contribution in [0, 0.1) is 0 Å². The van der Waals surface area contributed by atoms with Gasteiger partial charge in [0, 0.05) is 18.8 Å². The van der Waals surface area contributed by atoms with Gasteiger partial charge in [-0.25, -0.2) is 12.7 Å². The van der Waals surface area contributed by atoms with Gasteiger partial charge in [0.1, 0.15) is 0 Å². The Morgan fingerprint density at radius 1 is 1.32 bits per heavy atom. The van der Waals surface area contributed by atoms with Gasteiger partial charge in [-0.1, -0.05) is 37.7 Å². The minimum Gasteiger partial charge on any atom is -0.748 e. The minimum absolute atomic E-state index is 0. The van der Waals surface area contributed by atoms with E-state index in [9.17, 15) is 13.0 Å². The summed E-state index contributed by atoms with van der Waals surface area (Å²) in [5.74, 6) is 1.38. The molecule has 0 atom stereocenters. The molecule has 0 spiro atoms. The van der Waals surface area contributed by atoms with Crippen LogP contribution < -0.4 is 34.3 Å². The summed E-state index contributed by atoms with van der Waals surface area (Å²) in [6.07, 6.45) is 0.440. The number of nitrogens with zero attached hydrogens (tertiary/aromatic N) is 1. The van der Waals surface area contributed by atoms with Crippen LogP contribution in [0.3, 0.4) is 0 Å². The molecule has 0 aliphatic rings. The fraction of sp³-hybridized carbons (Fsp3) is 1.00. The Morgan fingerprint density at radius 2 is 2.00 bits per heavy atom. The molecular weight excluding hydrogens is 335 g/mol. The normalized spacial score (nSPS) is 11.6. The van der Waals surface area contributed by atoms with Crippen molar-refractivity contribution in [1.29, 1.82) is 0 Å². The quantitative estimate of drug-likeness (QED) is 0.154. The average molecular weight is 357 g/mol. The molecule has 0 bridgehead atoms. The van der Waals surface area contributed by atoms with Crippen molar-refractivity contribution >= 4 is 45.8 Å². The van der Waals surface area contributed by atoms with Gasteiger partial charge in [-0.15, -0.1) is 11.8 Å². The molecule has 0 saturated heterocycles. The average Bonchev–Trinajstić information content (AvgIpc) is 2.30. The van der Waals surface area contributed by atoms with Gasteiger partial charge in [0.2, 0.25) is 0 Å². The van der Waals surface area contributed by atoms with E-state index in [2.05, 4.69) is 22.9 Å². The molecule has 0 aromatic rings. The van der Waals surface area contributed by atoms with Crippen molar-refractivity contribution in [3.8, 4) is 0 Å². The van der Waals surface area contributed by atoms with E-state index in [4.69, 9.17) is 0 Å². The number of thioether (sulfide) groups is 1. The molecule has 10 heteroatoms. The molecule has 19 heavy (non-hydrogen) atoms. The largest absolute Gasteiger partial charge is 1.00 e. The minimum atomic E-state index is -4.04. The van der Waals surface area contributed by atoms with Crippen molar-refractivity contribution < 1.29 is 42.5 Å². The molecule has 0 heterocycles. The van der Waals surface area contributed by atoms with Crippen LogP contribution in [0.5, 0.6) is 0 Å². The van der Waals surface area contributed by atoms with Crippen molar-refractivity contribution in [2.45, 2.75) is 20.3 Å². The monoisotopic (exact) mass is 356 g/mol. The van der Waals surface area contributed by atoms with Crippen molar-refractivity contribution in [3.05, 3.63) is 0 Å². The first-order chi connectivity index (χ1) is 8.49. The van der Waals surface area contributed by atoms with Crippen LogP contribution in [0.2, 0.25) is 0 Å². The van der Waals surface area contributed by atoms with E-state index >= 15 is 0 Å². The van der Waals surface area contributed by atoms with E-state index in [0.717, 1.165) is 24.1 Å². The Hall–Kier alpha value is 1.88. The fourth-order valence-corrected chi connectivity index (χ4v) is 4.60. The predicted molar refractivity (Wildman–Crippen MR) is 82.6 cm³/mol. The zero-order chi connectivity index (χ0) is 13.9. The smallest absolute Gasteiger partial charge is 0.748 e. The first-order valence-electron chi connectivity index (χ1n) is 5.73. The fourth-order valence-electron chi connectivity index (χ4n) is 0.948. The number of hydrogen-bond acceptors (Lipinski definition) is 8. The SMILES string of the molecule is CCNSCN(CC)SCSCCCS(=O)(=O)[O-].[Na+]. The third-order valence-corrected chi connectivity index (χ3v) is 6.11. The Balaban J connectivity index is 0. The zero-order valence-electron chi connectivity index (χ0n) is 11.8. The molecule has 0 saturated carbocycles. The van der Waals surface area contributed by atoms with Crippen LogP contribution in [-0.4, -0.2) is 52.8 Å². The second-order valence-corrected chi connectivity index (χ2v) is 8.23. The predicted octanol–water partition coefficient (Wildman–Crippen LogP) is -1.20. The summed E-state index contributed by atoms with van der Waals surface area (Å²) in [5, 5.41) is 0.888. The Morgan fingerprint density at radius 3 is 2.53 bits per heavy atom. The van der Waals surface area contributed by atoms with Crippen LogP contribution in [0.25, 0.3) is 0 Å². The summed E-state index contributed by atoms with van der Waals surface area (Å²) >= 11 is 5.09. The van der Waals surface area contributed by atoms with Gasteiger partial charge < -0.3 is 4.55 Å². The van der Waals surface area contributed by atoms with E-state index in [-0.39, 0.29) is 35.3 Å². The molecule has 0 aliphatic carbocycles. The summed E-state index contributed by atoms with van der Waals surface area (Å²) in [7, 11) is -4.04. The van der Waals surface area contributed by atoms with Gasteiger partial charge in [0.25, 0.3) is 0 Å². The molecular formula is C9H21N2NaO3S4. The third kappa shape index (κ3) is 17.8. The van der Waals surface area contributed by atoms with Crippen molar-refractivity contribution in [2.75, 3.05) is 35.6 Å². The van der Waals surface area contributed by atoms with Crippen LogP contribution in [0.1, 0.15) is 20.3 Å². The topological polar surface area (TPSA) is 72.5 Å². The van der Waals surface area contributed by atoms with Gasteiger partial charge in [-0.2, -0.15) is 0 Å². The van der Waals surface area contributed by atoms with Gasteiger partial charge in [-0.05, 0) is 12.2 Å². The molecule has 0 unspecified atom stereocenters. The molecule has 0 radical (unpaired) electrons. The summed E-state index contributed by atoms with van der Waals surface area (Å²) in [6.45, 7) is 6.09. The molecule has 110 valence electrons. The molecule has 1 N–H and O–H groups in total. The summed E-state index contributed by atoms with van der Waals surface area (Å²) < 4.78 is 36.6. The molecule has 0 fully saturated rings. The van der Waals surface area contributed by atoms with Crippen molar-refractivity contribution in [2.24, 2.45) is 0 Å². The zero-order valence-corrected chi connectivity index (χ0v) is 17.0. The summed E-state index contributed by atoms with van der Waals surface area (Å²) in [6, 6.07) is 0. The molecule has 0 aromatic heterocycles. The van der Waals surface area contributed by atoms with E-state index in [1.807, 2.05) is 0 Å². The Kier molecular flexibility index (Phi) is 18.0. The van der Waals surface area contributed by atoms with E-state index in [0.29, 0.717) is 12.2 Å². The second kappa shape index (κ2) is 14.8. The number of hydrogen-bond donors (Lipinski definition) is 1. The second-order valence-electron chi connectivity index (χ2n) is 3.34. The maximum absolute atomic E-state index is 10.4. The number of nitrogens with one attached hydrogen (secondary N) is 1. The summed E-state index contributed by atoms with van der Waals surface area (Å²) in [4.78, 5) is 0. The molecule has 0 amide bonds. The van der Waals surface area contributed by atoms with E-state index in [1.165, 1.54) is 0 Å². The van der Waals surface area contributed by atoms with Crippen LogP contribution >= 0.6 is 35.7 Å². The Bertz CT molecular complexity index is 293. The first-order valence-corrected chi connectivity index (χ1v) is 10.4. The van der Waals surface area contributed by atoms with Crippen LogP contribution in [-0.2, 0) is 10.1 Å². The van der Waals surface area contributed by atoms with Crippen LogP contribution in [0.15, 0.2) is 0 Å². The summed E-state index contributed by atoms with van der Waals surface area (Å²) in [5.41, 5.74) is 0. The third-order valence-electron chi connectivity index (χ3n) is 1.81. The van der Waals surface area contributed by atoms with Gasteiger partial charge in [-0.3, -0.25) is 4.72 Å². The molecule has 0 aliphatic heterocycles. The van der Waals surface area contributed by atoms with Gasteiger partial charge >= 0.3 is 29.6 Å². The van der Waals surface area contributed by atoms with Crippen molar-refractivity contribution in [1.82, 2.24) is 9.03 Å².